The van der Waals surface area contributed by atoms with Gasteiger partial charge in [-0.1, -0.05) is 0 Å². The molecule has 0 radical (unpaired) electrons. The van der Waals surface area contributed by atoms with Gasteiger partial charge in [-0.3, -0.25) is 4.79 Å². The maximum atomic E-state index is 10.7. The zero-order valence-electron chi connectivity index (χ0n) is 7.11. The smallest absolute Gasteiger partial charge is 0.322 e. The van der Waals surface area contributed by atoms with Crippen molar-refractivity contribution >= 4 is 15.8 Å². The van der Waals surface area contributed by atoms with Crippen LogP contribution in [0.3, 0.4) is 0 Å². The molecule has 0 amide bonds. The van der Waals surface area contributed by atoms with E-state index in [1.807, 2.05) is 0 Å². The van der Waals surface area contributed by atoms with E-state index in [-0.39, 0.29) is 12.2 Å². The van der Waals surface area contributed by atoms with E-state index in [0.29, 0.717) is 0 Å². The van der Waals surface area contributed by atoms with Gasteiger partial charge in [0, 0.05) is 6.26 Å². The number of carbonyl (C=O) groups is 1. The Morgan fingerprint density at radius 1 is 1.58 bits per heavy atom. The quantitative estimate of drug-likeness (QED) is 0.577. The normalized spacial score (nSPS) is 13.9. The first-order valence-corrected chi connectivity index (χ1v) is 5.44. The van der Waals surface area contributed by atoms with Crippen LogP contribution >= 0.6 is 0 Å². The first-order chi connectivity index (χ1) is 5.37. The molecule has 0 saturated carbocycles. The molecule has 0 aliphatic carbocycles. The Labute approximate surface area is 71.8 Å². The van der Waals surface area contributed by atoms with Crippen LogP contribution in [0.25, 0.3) is 0 Å². The Hall–Kier alpha value is -0.620. The fourth-order valence-corrected chi connectivity index (χ4v) is 1.29. The SMILES string of the molecule is COC(=O)[C@H](N)CCS(C)(=O)=O. The lowest BCUT2D eigenvalue weighted by Crippen LogP contribution is -2.33. The van der Waals surface area contributed by atoms with Gasteiger partial charge in [-0.25, -0.2) is 8.42 Å². The van der Waals surface area contributed by atoms with Crippen molar-refractivity contribution in [1.82, 2.24) is 0 Å². The summed E-state index contributed by atoms with van der Waals surface area (Å²) in [4.78, 5) is 10.7. The van der Waals surface area contributed by atoms with Crippen molar-refractivity contribution in [3.05, 3.63) is 0 Å². The third-order valence-electron chi connectivity index (χ3n) is 1.30. The van der Waals surface area contributed by atoms with Crippen LogP contribution in [0.4, 0.5) is 0 Å². The lowest BCUT2D eigenvalue weighted by molar-refractivity contribution is -0.142. The Morgan fingerprint density at radius 3 is 2.42 bits per heavy atom. The van der Waals surface area contributed by atoms with Gasteiger partial charge in [0.2, 0.25) is 0 Å². The zero-order chi connectivity index (χ0) is 9.78. The number of methoxy groups -OCH3 is 1. The van der Waals surface area contributed by atoms with Crippen LogP contribution in [-0.4, -0.2) is 39.5 Å². The van der Waals surface area contributed by atoms with Crippen molar-refractivity contribution in [1.29, 1.82) is 0 Å². The summed E-state index contributed by atoms with van der Waals surface area (Å²) in [7, 11) is -1.84. The molecule has 0 aromatic heterocycles. The standard InChI is InChI=1S/C6H13NO4S/c1-11-6(8)5(7)3-4-12(2,9)10/h5H,3-4,7H2,1-2H3/t5-/m1/s1. The van der Waals surface area contributed by atoms with E-state index in [1.165, 1.54) is 7.11 Å². The summed E-state index contributed by atoms with van der Waals surface area (Å²) < 4.78 is 25.6. The lowest BCUT2D eigenvalue weighted by Gasteiger charge is -2.07. The number of nitrogens with two attached hydrogens (primary N) is 1. The van der Waals surface area contributed by atoms with Crippen molar-refractivity contribution < 1.29 is 17.9 Å². The molecule has 0 saturated heterocycles. The van der Waals surface area contributed by atoms with Gasteiger partial charge in [-0.05, 0) is 6.42 Å². The van der Waals surface area contributed by atoms with Crippen LogP contribution in [0.1, 0.15) is 6.42 Å². The number of sulfone groups is 1. The van der Waals surface area contributed by atoms with Gasteiger partial charge >= 0.3 is 5.97 Å². The van der Waals surface area contributed by atoms with E-state index >= 15 is 0 Å². The lowest BCUT2D eigenvalue weighted by atomic mass is 10.2. The van der Waals surface area contributed by atoms with E-state index in [0.717, 1.165) is 6.26 Å². The fourth-order valence-electron chi connectivity index (χ4n) is 0.610. The predicted molar refractivity (Wildman–Crippen MR) is 44.3 cm³/mol. The molecule has 0 heterocycles. The van der Waals surface area contributed by atoms with Gasteiger partial charge < -0.3 is 10.5 Å². The minimum absolute atomic E-state index is 0.0940. The maximum Gasteiger partial charge on any atom is 0.322 e. The van der Waals surface area contributed by atoms with E-state index < -0.39 is 21.8 Å². The number of esters is 1. The molecule has 1 atom stereocenters. The molecule has 0 spiro atoms. The van der Waals surface area contributed by atoms with Gasteiger partial charge in [0.05, 0.1) is 12.9 Å². The molecule has 0 rings (SSSR count). The Bertz CT molecular complexity index is 246. The second kappa shape index (κ2) is 4.42. The van der Waals surface area contributed by atoms with Crippen molar-refractivity contribution in [2.45, 2.75) is 12.5 Å². The van der Waals surface area contributed by atoms with E-state index in [2.05, 4.69) is 4.74 Å². The highest BCUT2D eigenvalue weighted by atomic mass is 32.2. The molecule has 0 fully saturated rings. The molecule has 5 nitrogen and oxygen atoms in total. The van der Waals surface area contributed by atoms with E-state index in [9.17, 15) is 13.2 Å². The van der Waals surface area contributed by atoms with Crippen molar-refractivity contribution in [3.8, 4) is 0 Å². The molecule has 12 heavy (non-hydrogen) atoms. The molecule has 0 unspecified atom stereocenters. The highest BCUT2D eigenvalue weighted by molar-refractivity contribution is 7.90. The fraction of sp³-hybridized carbons (Fsp3) is 0.833. The Kier molecular flexibility index (Phi) is 4.19. The molecule has 72 valence electrons. The summed E-state index contributed by atoms with van der Waals surface area (Å²) in [6.07, 6.45) is 1.20. The number of rotatable bonds is 4. The highest BCUT2D eigenvalue weighted by Crippen LogP contribution is 1.95. The molecule has 2 N–H and O–H groups in total. The summed E-state index contributed by atoms with van der Waals surface area (Å²) in [5, 5.41) is 0. The molecular weight excluding hydrogens is 182 g/mol. The summed E-state index contributed by atoms with van der Waals surface area (Å²) >= 11 is 0. The van der Waals surface area contributed by atoms with Gasteiger partial charge in [-0.2, -0.15) is 0 Å². The van der Waals surface area contributed by atoms with Crippen LogP contribution in [0.15, 0.2) is 0 Å². The number of hydrogen-bond acceptors (Lipinski definition) is 5. The molecule has 6 heteroatoms. The first-order valence-electron chi connectivity index (χ1n) is 3.38. The second-order valence-corrected chi connectivity index (χ2v) is 4.81. The topological polar surface area (TPSA) is 86.5 Å². The predicted octanol–water partition coefficient (Wildman–Crippen LogP) is -1.08. The third kappa shape index (κ3) is 5.09. The van der Waals surface area contributed by atoms with Gasteiger partial charge in [0.1, 0.15) is 15.9 Å². The van der Waals surface area contributed by atoms with Crippen molar-refractivity contribution in [3.63, 3.8) is 0 Å². The molecule has 0 aliphatic rings. The summed E-state index contributed by atoms with van der Waals surface area (Å²) in [6.45, 7) is 0. The van der Waals surface area contributed by atoms with Crippen LogP contribution in [0.2, 0.25) is 0 Å². The highest BCUT2D eigenvalue weighted by Gasteiger charge is 2.15. The van der Waals surface area contributed by atoms with Crippen molar-refractivity contribution in [2.24, 2.45) is 5.73 Å². The van der Waals surface area contributed by atoms with Gasteiger partial charge in [0.15, 0.2) is 0 Å². The second-order valence-electron chi connectivity index (χ2n) is 2.55. The summed E-state index contributed by atoms with van der Waals surface area (Å²) in [5.74, 6) is -0.679. The van der Waals surface area contributed by atoms with Gasteiger partial charge in [0.25, 0.3) is 0 Å². The van der Waals surface area contributed by atoms with E-state index in [1.54, 1.807) is 0 Å². The summed E-state index contributed by atoms with van der Waals surface area (Å²) in [5.41, 5.74) is 5.30. The first kappa shape index (κ1) is 11.4. The average Bonchev–Trinajstić information content (AvgIpc) is 1.97. The molecule has 0 aromatic rings. The molecular formula is C6H13NO4S. The summed E-state index contributed by atoms with van der Waals surface area (Å²) in [6, 6.07) is -0.843. The third-order valence-corrected chi connectivity index (χ3v) is 2.28. The Balaban J connectivity index is 3.88. The maximum absolute atomic E-state index is 10.7. The minimum atomic E-state index is -3.05. The Morgan fingerprint density at radius 2 is 2.08 bits per heavy atom. The van der Waals surface area contributed by atoms with E-state index in [4.69, 9.17) is 5.73 Å². The number of hydrogen-bond donors (Lipinski definition) is 1. The van der Waals surface area contributed by atoms with Crippen LogP contribution in [0.5, 0.6) is 0 Å². The largest absolute Gasteiger partial charge is 0.468 e. The molecule has 0 aromatic carbocycles. The van der Waals surface area contributed by atoms with Gasteiger partial charge in [-0.15, -0.1) is 0 Å². The molecule has 0 aliphatic heterocycles. The zero-order valence-corrected chi connectivity index (χ0v) is 7.93. The number of ether oxygens (including phenoxy) is 1. The van der Waals surface area contributed by atoms with Crippen molar-refractivity contribution in [2.75, 3.05) is 19.1 Å². The molecule has 0 bridgehead atoms. The number of carbonyl (C=O) groups excluding carboxylic acids is 1. The van der Waals surface area contributed by atoms with Crippen LogP contribution in [0, 0.1) is 0 Å². The van der Waals surface area contributed by atoms with Crippen LogP contribution in [-0.2, 0) is 19.4 Å². The van der Waals surface area contributed by atoms with Crippen LogP contribution < -0.4 is 5.73 Å². The monoisotopic (exact) mass is 195 g/mol. The minimum Gasteiger partial charge on any atom is -0.468 e. The average molecular weight is 195 g/mol.